The number of amides is 1. The summed E-state index contributed by atoms with van der Waals surface area (Å²) in [6.07, 6.45) is 0.872. The number of carbonyl (C=O) groups is 1. The highest BCUT2D eigenvalue weighted by atomic mass is 79.9. The fourth-order valence-corrected chi connectivity index (χ4v) is 1.86. The Balaban J connectivity index is 3.04. The molecule has 0 aliphatic carbocycles. The molecule has 0 spiro atoms. The van der Waals surface area contributed by atoms with E-state index >= 15 is 0 Å². The summed E-state index contributed by atoms with van der Waals surface area (Å²) in [7, 11) is 1.71. The van der Waals surface area contributed by atoms with Crippen LogP contribution in [0.2, 0.25) is 0 Å². The molecule has 88 valence electrons. The van der Waals surface area contributed by atoms with Gasteiger partial charge in [0, 0.05) is 18.1 Å². The van der Waals surface area contributed by atoms with E-state index < -0.39 is 5.82 Å². The Morgan fingerprint density at radius 2 is 2.19 bits per heavy atom. The zero-order valence-electron chi connectivity index (χ0n) is 9.26. The highest BCUT2D eigenvalue weighted by Gasteiger charge is 2.16. The van der Waals surface area contributed by atoms with Gasteiger partial charge < -0.3 is 10.6 Å². The Morgan fingerprint density at radius 1 is 1.56 bits per heavy atom. The number of rotatable bonds is 3. The van der Waals surface area contributed by atoms with Crippen LogP contribution < -0.4 is 5.73 Å². The third-order valence-electron chi connectivity index (χ3n) is 2.22. The molecule has 0 saturated heterocycles. The van der Waals surface area contributed by atoms with Crippen molar-refractivity contribution in [2.24, 2.45) is 0 Å². The smallest absolute Gasteiger partial charge is 0.254 e. The highest BCUT2D eigenvalue weighted by Crippen LogP contribution is 2.23. The van der Waals surface area contributed by atoms with E-state index in [1.54, 1.807) is 11.9 Å². The van der Waals surface area contributed by atoms with Crippen molar-refractivity contribution in [3.8, 4) is 0 Å². The van der Waals surface area contributed by atoms with Crippen molar-refractivity contribution >= 4 is 27.5 Å². The Bertz CT molecular complexity index is 409. The molecule has 5 heteroatoms. The summed E-state index contributed by atoms with van der Waals surface area (Å²) in [5.41, 5.74) is 5.80. The van der Waals surface area contributed by atoms with Crippen LogP contribution >= 0.6 is 15.9 Å². The maximum absolute atomic E-state index is 13.1. The van der Waals surface area contributed by atoms with Gasteiger partial charge in [-0.3, -0.25) is 4.79 Å². The number of carbonyl (C=O) groups excluding carboxylic acids is 1. The quantitative estimate of drug-likeness (QED) is 0.869. The molecule has 0 atom stereocenters. The molecule has 1 rings (SSSR count). The second-order valence-corrected chi connectivity index (χ2v) is 4.43. The van der Waals surface area contributed by atoms with Gasteiger partial charge in [0.25, 0.3) is 5.91 Å². The minimum atomic E-state index is -0.526. The van der Waals surface area contributed by atoms with Gasteiger partial charge in [0.1, 0.15) is 5.82 Å². The van der Waals surface area contributed by atoms with E-state index in [2.05, 4.69) is 15.9 Å². The molecule has 0 fully saturated rings. The van der Waals surface area contributed by atoms with E-state index in [1.807, 2.05) is 6.92 Å². The molecular formula is C11H14BrFN2O. The molecule has 0 radical (unpaired) electrons. The van der Waals surface area contributed by atoms with Gasteiger partial charge in [-0.1, -0.05) is 6.92 Å². The van der Waals surface area contributed by atoms with Crippen molar-refractivity contribution in [3.63, 3.8) is 0 Å². The normalized spacial score (nSPS) is 10.2. The van der Waals surface area contributed by atoms with Gasteiger partial charge in [-0.2, -0.15) is 0 Å². The SMILES string of the molecule is CCCN(C)C(=O)c1cc(N)c(F)cc1Br. The third-order valence-corrected chi connectivity index (χ3v) is 2.88. The lowest BCUT2D eigenvalue weighted by Crippen LogP contribution is -2.27. The summed E-state index contributed by atoms with van der Waals surface area (Å²) in [5, 5.41) is 0. The van der Waals surface area contributed by atoms with Crippen LogP contribution in [0, 0.1) is 5.82 Å². The monoisotopic (exact) mass is 288 g/mol. The third kappa shape index (κ3) is 2.72. The average molecular weight is 289 g/mol. The number of anilines is 1. The molecule has 0 aliphatic rings. The summed E-state index contributed by atoms with van der Waals surface area (Å²) < 4.78 is 13.5. The minimum absolute atomic E-state index is 0.0172. The number of halogens is 2. The Hall–Kier alpha value is -1.10. The molecular weight excluding hydrogens is 275 g/mol. The van der Waals surface area contributed by atoms with Crippen LogP contribution in [-0.4, -0.2) is 24.4 Å². The average Bonchev–Trinajstić information content (AvgIpc) is 2.23. The van der Waals surface area contributed by atoms with E-state index in [0.29, 0.717) is 16.6 Å². The summed E-state index contributed by atoms with van der Waals surface area (Å²) in [4.78, 5) is 13.5. The van der Waals surface area contributed by atoms with Crippen LogP contribution in [0.5, 0.6) is 0 Å². The van der Waals surface area contributed by atoms with E-state index in [-0.39, 0.29) is 11.6 Å². The molecule has 1 aromatic rings. The van der Waals surface area contributed by atoms with Gasteiger partial charge in [0.15, 0.2) is 0 Å². The van der Waals surface area contributed by atoms with Crippen molar-refractivity contribution in [1.29, 1.82) is 0 Å². The second kappa shape index (κ2) is 5.30. The maximum Gasteiger partial charge on any atom is 0.254 e. The van der Waals surface area contributed by atoms with Crippen molar-refractivity contribution in [2.45, 2.75) is 13.3 Å². The standard InChI is InChI=1S/C11H14BrFN2O/c1-3-4-15(2)11(16)7-5-10(14)9(13)6-8(7)12/h5-6H,3-4,14H2,1-2H3. The molecule has 0 bridgehead atoms. The minimum Gasteiger partial charge on any atom is -0.396 e. The van der Waals surface area contributed by atoms with Crippen LogP contribution in [0.25, 0.3) is 0 Å². The van der Waals surface area contributed by atoms with Crippen LogP contribution in [-0.2, 0) is 0 Å². The predicted octanol–water partition coefficient (Wildman–Crippen LogP) is 2.65. The van der Waals surface area contributed by atoms with Crippen LogP contribution in [0.15, 0.2) is 16.6 Å². The lowest BCUT2D eigenvalue weighted by atomic mass is 10.1. The molecule has 2 N–H and O–H groups in total. The van der Waals surface area contributed by atoms with Gasteiger partial charge in [0.2, 0.25) is 0 Å². The van der Waals surface area contributed by atoms with Crippen molar-refractivity contribution in [1.82, 2.24) is 4.90 Å². The molecule has 0 aromatic heterocycles. The molecule has 3 nitrogen and oxygen atoms in total. The summed E-state index contributed by atoms with van der Waals surface area (Å²) in [6.45, 7) is 2.64. The molecule has 0 unspecified atom stereocenters. The Labute approximate surface area is 103 Å². The summed E-state index contributed by atoms with van der Waals surface area (Å²) in [6, 6.07) is 2.57. The Kier molecular flexibility index (Phi) is 4.29. The lowest BCUT2D eigenvalue weighted by Gasteiger charge is -2.17. The first kappa shape index (κ1) is 13.0. The number of benzene rings is 1. The number of nitrogens with zero attached hydrogens (tertiary/aromatic N) is 1. The zero-order chi connectivity index (χ0) is 12.3. The topological polar surface area (TPSA) is 46.3 Å². The summed E-state index contributed by atoms with van der Waals surface area (Å²) >= 11 is 3.16. The molecule has 0 saturated carbocycles. The summed E-state index contributed by atoms with van der Waals surface area (Å²) in [5.74, 6) is -0.693. The fraction of sp³-hybridized carbons (Fsp3) is 0.364. The van der Waals surface area contributed by atoms with Crippen LogP contribution in [0.1, 0.15) is 23.7 Å². The molecule has 0 aliphatic heterocycles. The molecule has 0 heterocycles. The number of nitrogen functional groups attached to an aromatic ring is 1. The lowest BCUT2D eigenvalue weighted by molar-refractivity contribution is 0.0794. The largest absolute Gasteiger partial charge is 0.396 e. The Morgan fingerprint density at radius 3 is 2.75 bits per heavy atom. The van der Waals surface area contributed by atoms with Crippen molar-refractivity contribution in [3.05, 3.63) is 28.0 Å². The van der Waals surface area contributed by atoms with Gasteiger partial charge in [-0.25, -0.2) is 4.39 Å². The highest BCUT2D eigenvalue weighted by molar-refractivity contribution is 9.10. The van der Waals surface area contributed by atoms with Gasteiger partial charge in [-0.05, 0) is 34.5 Å². The van der Waals surface area contributed by atoms with Gasteiger partial charge in [0.05, 0.1) is 11.3 Å². The number of nitrogens with two attached hydrogens (primary N) is 1. The number of hydrogen-bond acceptors (Lipinski definition) is 2. The first-order chi connectivity index (χ1) is 7.47. The first-order valence-electron chi connectivity index (χ1n) is 4.97. The van der Waals surface area contributed by atoms with Crippen LogP contribution in [0.4, 0.5) is 10.1 Å². The van der Waals surface area contributed by atoms with Gasteiger partial charge in [-0.15, -0.1) is 0 Å². The second-order valence-electron chi connectivity index (χ2n) is 3.58. The van der Waals surface area contributed by atoms with E-state index in [4.69, 9.17) is 5.73 Å². The molecule has 16 heavy (non-hydrogen) atoms. The molecule has 1 aromatic carbocycles. The van der Waals surface area contributed by atoms with Crippen LogP contribution in [0.3, 0.4) is 0 Å². The van der Waals surface area contributed by atoms with E-state index in [9.17, 15) is 9.18 Å². The fourth-order valence-electron chi connectivity index (χ4n) is 1.37. The number of hydrogen-bond donors (Lipinski definition) is 1. The zero-order valence-corrected chi connectivity index (χ0v) is 10.8. The first-order valence-corrected chi connectivity index (χ1v) is 5.76. The van der Waals surface area contributed by atoms with Gasteiger partial charge >= 0.3 is 0 Å². The van der Waals surface area contributed by atoms with Crippen molar-refractivity contribution < 1.29 is 9.18 Å². The predicted molar refractivity (Wildman–Crippen MR) is 65.8 cm³/mol. The maximum atomic E-state index is 13.1. The van der Waals surface area contributed by atoms with E-state index in [1.165, 1.54) is 12.1 Å². The molecule has 1 amide bonds. The van der Waals surface area contributed by atoms with Crippen molar-refractivity contribution in [2.75, 3.05) is 19.3 Å². The van der Waals surface area contributed by atoms with E-state index in [0.717, 1.165) is 6.42 Å².